The molecule has 124 valence electrons. The number of rotatable bonds is 5. The molecule has 0 spiro atoms. The second kappa shape index (κ2) is 7.19. The summed E-state index contributed by atoms with van der Waals surface area (Å²) in [5, 5.41) is 30.5. The van der Waals surface area contributed by atoms with Crippen LogP contribution in [-0.2, 0) is 4.79 Å². The van der Waals surface area contributed by atoms with Crippen LogP contribution in [0.4, 0.5) is 5.69 Å². The van der Waals surface area contributed by atoms with Gasteiger partial charge in [-0.25, -0.2) is 4.79 Å². The molecule has 0 aliphatic heterocycles. The first-order chi connectivity index (χ1) is 11.4. The molecule has 0 saturated heterocycles. The Hall–Kier alpha value is -3.48. The van der Waals surface area contributed by atoms with Gasteiger partial charge >= 0.3 is 5.97 Å². The van der Waals surface area contributed by atoms with Crippen molar-refractivity contribution in [1.29, 1.82) is 0 Å². The molecule has 2 rings (SSSR count). The van der Waals surface area contributed by atoms with Crippen molar-refractivity contribution in [3.05, 3.63) is 53.6 Å². The molecule has 1 amide bonds. The number of aromatic hydroxyl groups is 2. The summed E-state index contributed by atoms with van der Waals surface area (Å²) in [6, 6.07) is 8.23. The molecule has 0 atom stereocenters. The lowest BCUT2D eigenvalue weighted by atomic mass is 10.1. The summed E-state index contributed by atoms with van der Waals surface area (Å²) in [6.45, 7) is 0. The third-order valence-electron chi connectivity index (χ3n) is 3.12. The minimum absolute atomic E-state index is 0.0625. The summed E-state index contributed by atoms with van der Waals surface area (Å²) in [6.07, 6.45) is 2.65. The standard InChI is InChI=1S/C17H15NO6/c1-24-15-6-2-10(8-14(15)20)3-7-16(21)18-13-5-4-11(19)9-12(13)17(22)23/h2-9,19-20H,1H3,(H,18,21)(H,22,23). The molecule has 0 saturated carbocycles. The summed E-state index contributed by atoms with van der Waals surface area (Å²) in [7, 11) is 1.43. The number of phenolic OH excluding ortho intramolecular Hbond substituents is 2. The number of carboxylic acids is 1. The first kappa shape index (κ1) is 16.9. The van der Waals surface area contributed by atoms with Gasteiger partial charge in [0.25, 0.3) is 0 Å². The Morgan fingerprint density at radius 2 is 1.88 bits per heavy atom. The number of phenols is 2. The molecule has 0 bridgehead atoms. The van der Waals surface area contributed by atoms with Crippen LogP contribution in [0, 0.1) is 0 Å². The summed E-state index contributed by atoms with van der Waals surface area (Å²) >= 11 is 0. The molecule has 0 aromatic heterocycles. The Kier molecular flexibility index (Phi) is 5.06. The second-order valence-corrected chi connectivity index (χ2v) is 4.79. The lowest BCUT2D eigenvalue weighted by Gasteiger charge is -2.07. The van der Waals surface area contributed by atoms with Gasteiger partial charge in [0.15, 0.2) is 11.5 Å². The molecular weight excluding hydrogens is 314 g/mol. The van der Waals surface area contributed by atoms with E-state index in [0.717, 1.165) is 6.07 Å². The number of amides is 1. The summed E-state index contributed by atoms with van der Waals surface area (Å²) in [4.78, 5) is 23.0. The van der Waals surface area contributed by atoms with Gasteiger partial charge in [0, 0.05) is 6.08 Å². The van der Waals surface area contributed by atoms with E-state index in [1.807, 2.05) is 0 Å². The van der Waals surface area contributed by atoms with Crippen molar-refractivity contribution in [3.63, 3.8) is 0 Å². The first-order valence-corrected chi connectivity index (χ1v) is 6.83. The zero-order valence-electron chi connectivity index (χ0n) is 12.7. The fourth-order valence-corrected chi connectivity index (χ4v) is 1.98. The van der Waals surface area contributed by atoms with E-state index in [1.54, 1.807) is 12.1 Å². The van der Waals surface area contributed by atoms with E-state index in [4.69, 9.17) is 9.84 Å². The highest BCUT2D eigenvalue weighted by Gasteiger charge is 2.12. The zero-order chi connectivity index (χ0) is 17.7. The summed E-state index contributed by atoms with van der Waals surface area (Å²) in [5.41, 5.74) is 0.402. The fourth-order valence-electron chi connectivity index (χ4n) is 1.98. The SMILES string of the molecule is COc1ccc(C=CC(=O)Nc2ccc(O)cc2C(=O)O)cc1O. The molecule has 7 heteroatoms. The van der Waals surface area contributed by atoms with Crippen LogP contribution in [0.15, 0.2) is 42.5 Å². The van der Waals surface area contributed by atoms with Crippen LogP contribution < -0.4 is 10.1 Å². The minimum atomic E-state index is -1.27. The number of ether oxygens (including phenoxy) is 1. The number of carbonyl (C=O) groups is 2. The topological polar surface area (TPSA) is 116 Å². The molecule has 24 heavy (non-hydrogen) atoms. The van der Waals surface area contributed by atoms with Crippen molar-refractivity contribution in [1.82, 2.24) is 0 Å². The van der Waals surface area contributed by atoms with Crippen LogP contribution >= 0.6 is 0 Å². The zero-order valence-corrected chi connectivity index (χ0v) is 12.7. The minimum Gasteiger partial charge on any atom is -0.508 e. The maximum atomic E-state index is 11.9. The van der Waals surface area contributed by atoms with E-state index < -0.39 is 11.9 Å². The second-order valence-electron chi connectivity index (χ2n) is 4.79. The number of hydrogen-bond acceptors (Lipinski definition) is 5. The predicted molar refractivity (Wildman–Crippen MR) is 87.4 cm³/mol. The number of anilines is 1. The molecule has 7 nitrogen and oxygen atoms in total. The van der Waals surface area contributed by atoms with E-state index in [0.29, 0.717) is 11.3 Å². The van der Waals surface area contributed by atoms with Crippen molar-refractivity contribution in [2.24, 2.45) is 0 Å². The van der Waals surface area contributed by atoms with Gasteiger partial charge in [0.1, 0.15) is 5.75 Å². The number of benzene rings is 2. The quantitative estimate of drug-likeness (QED) is 0.494. The van der Waals surface area contributed by atoms with Crippen LogP contribution in [0.1, 0.15) is 15.9 Å². The van der Waals surface area contributed by atoms with Crippen molar-refractivity contribution in [3.8, 4) is 17.2 Å². The maximum absolute atomic E-state index is 11.9. The Bertz CT molecular complexity index is 813. The van der Waals surface area contributed by atoms with Crippen molar-refractivity contribution < 1.29 is 29.6 Å². The average molecular weight is 329 g/mol. The average Bonchev–Trinajstić information content (AvgIpc) is 2.54. The Morgan fingerprint density at radius 1 is 1.12 bits per heavy atom. The van der Waals surface area contributed by atoms with Crippen molar-refractivity contribution in [2.75, 3.05) is 12.4 Å². The monoisotopic (exact) mass is 329 g/mol. The molecule has 0 unspecified atom stereocenters. The highest BCUT2D eigenvalue weighted by Crippen LogP contribution is 2.26. The number of carbonyl (C=O) groups excluding carboxylic acids is 1. The number of aromatic carboxylic acids is 1. The van der Waals surface area contributed by atoms with E-state index in [9.17, 15) is 19.8 Å². The predicted octanol–water partition coefficient (Wildman–Crippen LogP) is 2.46. The molecular formula is C17H15NO6. The molecule has 0 heterocycles. The molecule has 0 aliphatic rings. The molecule has 0 fully saturated rings. The molecule has 2 aromatic carbocycles. The fraction of sp³-hybridized carbons (Fsp3) is 0.0588. The van der Waals surface area contributed by atoms with Crippen LogP contribution in [0.2, 0.25) is 0 Å². The van der Waals surface area contributed by atoms with Crippen LogP contribution in [0.3, 0.4) is 0 Å². The van der Waals surface area contributed by atoms with E-state index in [-0.39, 0.29) is 22.7 Å². The molecule has 4 N–H and O–H groups in total. The van der Waals surface area contributed by atoms with Gasteiger partial charge in [-0.15, -0.1) is 0 Å². The number of methoxy groups -OCH3 is 1. The van der Waals surface area contributed by atoms with E-state index >= 15 is 0 Å². The third kappa shape index (κ3) is 4.04. The Balaban J connectivity index is 2.14. The normalized spacial score (nSPS) is 10.5. The molecule has 0 radical (unpaired) electrons. The van der Waals surface area contributed by atoms with Crippen LogP contribution in [0.5, 0.6) is 17.2 Å². The van der Waals surface area contributed by atoms with Crippen molar-refractivity contribution in [2.45, 2.75) is 0 Å². The maximum Gasteiger partial charge on any atom is 0.337 e. The first-order valence-electron chi connectivity index (χ1n) is 6.83. The smallest absolute Gasteiger partial charge is 0.337 e. The van der Waals surface area contributed by atoms with E-state index in [2.05, 4.69) is 5.32 Å². The largest absolute Gasteiger partial charge is 0.508 e. The highest BCUT2D eigenvalue weighted by molar-refractivity contribution is 6.06. The number of hydrogen-bond donors (Lipinski definition) is 4. The van der Waals surface area contributed by atoms with Gasteiger partial charge in [-0.05, 0) is 42.0 Å². The van der Waals surface area contributed by atoms with Gasteiger partial charge in [-0.3, -0.25) is 4.79 Å². The van der Waals surface area contributed by atoms with E-state index in [1.165, 1.54) is 37.5 Å². The van der Waals surface area contributed by atoms with Gasteiger partial charge in [0.05, 0.1) is 18.4 Å². The van der Waals surface area contributed by atoms with Gasteiger partial charge in [0.2, 0.25) is 5.91 Å². The highest BCUT2D eigenvalue weighted by atomic mass is 16.5. The third-order valence-corrected chi connectivity index (χ3v) is 3.12. The lowest BCUT2D eigenvalue weighted by molar-refractivity contribution is -0.111. The van der Waals surface area contributed by atoms with Crippen LogP contribution in [0.25, 0.3) is 6.08 Å². The molecule has 0 aliphatic carbocycles. The molecule has 2 aromatic rings. The Morgan fingerprint density at radius 3 is 2.50 bits per heavy atom. The van der Waals surface area contributed by atoms with Crippen LogP contribution in [-0.4, -0.2) is 34.3 Å². The lowest BCUT2D eigenvalue weighted by Crippen LogP contribution is -2.11. The summed E-state index contributed by atoms with van der Waals surface area (Å²) in [5.74, 6) is -1.79. The van der Waals surface area contributed by atoms with Crippen molar-refractivity contribution >= 4 is 23.6 Å². The number of carboxylic acid groups (broad SMARTS) is 1. The van der Waals surface area contributed by atoms with Gasteiger partial charge < -0.3 is 25.4 Å². The number of nitrogens with one attached hydrogen (secondary N) is 1. The summed E-state index contributed by atoms with van der Waals surface area (Å²) < 4.78 is 4.92. The van der Waals surface area contributed by atoms with Gasteiger partial charge in [-0.2, -0.15) is 0 Å². The Labute approximate surface area is 137 Å². The van der Waals surface area contributed by atoms with Gasteiger partial charge in [-0.1, -0.05) is 6.07 Å².